The van der Waals surface area contributed by atoms with Crippen molar-refractivity contribution in [3.63, 3.8) is 0 Å². The van der Waals surface area contributed by atoms with E-state index in [4.69, 9.17) is 10.8 Å². The molecule has 0 fully saturated rings. The van der Waals surface area contributed by atoms with Gasteiger partial charge in [0.15, 0.2) is 0 Å². The number of hydrogen-bond acceptors (Lipinski definition) is 3. The zero-order valence-electron chi connectivity index (χ0n) is 11.9. The van der Waals surface area contributed by atoms with Crippen molar-refractivity contribution in [2.75, 3.05) is 5.73 Å². The molecule has 1 aromatic rings. The van der Waals surface area contributed by atoms with Crippen LogP contribution in [0, 0.1) is 5.92 Å². The Morgan fingerprint density at radius 2 is 2.05 bits per heavy atom. The number of aliphatic carboxylic acids is 1. The lowest BCUT2D eigenvalue weighted by Crippen LogP contribution is -2.41. The van der Waals surface area contributed by atoms with E-state index in [0.717, 1.165) is 5.56 Å². The van der Waals surface area contributed by atoms with Crippen molar-refractivity contribution in [1.29, 1.82) is 0 Å². The number of carboxylic acid groups (broad SMARTS) is 1. The molecule has 0 saturated heterocycles. The molecule has 0 aliphatic carbocycles. The maximum absolute atomic E-state index is 11.8. The first-order valence-electron chi connectivity index (χ1n) is 6.75. The Bertz CT molecular complexity index is 472. The van der Waals surface area contributed by atoms with Crippen LogP contribution in [0.15, 0.2) is 24.3 Å². The molecule has 0 aliphatic heterocycles. The van der Waals surface area contributed by atoms with Crippen LogP contribution in [0.5, 0.6) is 0 Å². The Balaban J connectivity index is 2.47. The lowest BCUT2D eigenvalue weighted by atomic mass is 10.0. The second-order valence-corrected chi connectivity index (χ2v) is 5.33. The molecule has 0 saturated carbocycles. The first-order chi connectivity index (χ1) is 9.38. The quantitative estimate of drug-likeness (QED) is 0.663. The Hall–Kier alpha value is -2.04. The fourth-order valence-corrected chi connectivity index (χ4v) is 1.97. The highest BCUT2D eigenvalue weighted by Gasteiger charge is 2.20. The number of nitrogens with two attached hydrogens (primary N) is 1. The van der Waals surface area contributed by atoms with Gasteiger partial charge in [-0.05, 0) is 36.5 Å². The van der Waals surface area contributed by atoms with Gasteiger partial charge in [-0.15, -0.1) is 0 Å². The van der Waals surface area contributed by atoms with Crippen molar-refractivity contribution in [2.24, 2.45) is 5.92 Å². The first kappa shape index (κ1) is 16.0. The average Bonchev–Trinajstić information content (AvgIpc) is 2.35. The molecule has 1 rings (SSSR count). The van der Waals surface area contributed by atoms with Gasteiger partial charge in [-0.25, -0.2) is 4.79 Å². The van der Waals surface area contributed by atoms with E-state index in [1.54, 1.807) is 6.07 Å². The molecule has 5 nitrogen and oxygen atoms in total. The third kappa shape index (κ3) is 5.73. The van der Waals surface area contributed by atoms with E-state index in [2.05, 4.69) is 5.32 Å². The van der Waals surface area contributed by atoms with Crippen LogP contribution in [0.1, 0.15) is 32.3 Å². The second-order valence-electron chi connectivity index (χ2n) is 5.33. The largest absolute Gasteiger partial charge is 0.480 e. The van der Waals surface area contributed by atoms with Crippen molar-refractivity contribution < 1.29 is 14.7 Å². The van der Waals surface area contributed by atoms with Crippen LogP contribution in [-0.4, -0.2) is 23.0 Å². The summed E-state index contributed by atoms with van der Waals surface area (Å²) in [6.07, 6.45) is 1.23. The van der Waals surface area contributed by atoms with E-state index in [0.29, 0.717) is 18.5 Å². The smallest absolute Gasteiger partial charge is 0.326 e. The Kier molecular flexibility index (Phi) is 6.03. The van der Waals surface area contributed by atoms with Gasteiger partial charge < -0.3 is 16.2 Å². The van der Waals surface area contributed by atoms with Crippen molar-refractivity contribution in [3.8, 4) is 0 Å². The second kappa shape index (κ2) is 7.53. The van der Waals surface area contributed by atoms with Gasteiger partial charge in [0.05, 0.1) is 0 Å². The fourth-order valence-electron chi connectivity index (χ4n) is 1.97. The number of nitrogen functional groups attached to an aromatic ring is 1. The number of hydrogen-bond donors (Lipinski definition) is 3. The molecular weight excluding hydrogens is 256 g/mol. The number of carbonyl (C=O) groups excluding carboxylic acids is 1. The van der Waals surface area contributed by atoms with Crippen LogP contribution in [0.2, 0.25) is 0 Å². The zero-order valence-corrected chi connectivity index (χ0v) is 11.9. The number of nitrogens with one attached hydrogen (secondary N) is 1. The lowest BCUT2D eigenvalue weighted by molar-refractivity contribution is -0.142. The standard InChI is InChI=1S/C15H22N2O3/c1-10(2)8-13(15(19)20)17-14(18)7-6-11-4-3-5-12(16)9-11/h3-5,9-10,13H,6-8,16H2,1-2H3,(H,17,18)(H,19,20). The summed E-state index contributed by atoms with van der Waals surface area (Å²) >= 11 is 0. The molecule has 0 spiro atoms. The minimum absolute atomic E-state index is 0.213. The molecule has 1 aromatic carbocycles. The van der Waals surface area contributed by atoms with Crippen molar-refractivity contribution >= 4 is 17.6 Å². The normalized spacial score (nSPS) is 12.2. The summed E-state index contributed by atoms with van der Waals surface area (Å²) in [6.45, 7) is 3.85. The number of rotatable bonds is 7. The number of benzene rings is 1. The molecule has 0 aromatic heterocycles. The molecule has 0 aliphatic rings. The highest BCUT2D eigenvalue weighted by Crippen LogP contribution is 2.09. The highest BCUT2D eigenvalue weighted by atomic mass is 16.4. The third-order valence-electron chi connectivity index (χ3n) is 2.93. The van der Waals surface area contributed by atoms with Gasteiger partial charge >= 0.3 is 5.97 Å². The molecule has 0 heterocycles. The van der Waals surface area contributed by atoms with Gasteiger partial charge in [-0.1, -0.05) is 26.0 Å². The van der Waals surface area contributed by atoms with Crippen LogP contribution in [0.3, 0.4) is 0 Å². The van der Waals surface area contributed by atoms with E-state index >= 15 is 0 Å². The van der Waals surface area contributed by atoms with Gasteiger partial charge in [0.1, 0.15) is 6.04 Å². The number of anilines is 1. The summed E-state index contributed by atoms with van der Waals surface area (Å²) in [6, 6.07) is 6.51. The monoisotopic (exact) mass is 278 g/mol. The average molecular weight is 278 g/mol. The molecular formula is C15H22N2O3. The van der Waals surface area contributed by atoms with E-state index in [-0.39, 0.29) is 18.2 Å². The summed E-state index contributed by atoms with van der Waals surface area (Å²) in [5.74, 6) is -1.03. The van der Waals surface area contributed by atoms with Crippen molar-refractivity contribution in [2.45, 2.75) is 39.2 Å². The predicted molar refractivity (Wildman–Crippen MR) is 78.2 cm³/mol. The lowest BCUT2D eigenvalue weighted by Gasteiger charge is -2.16. The summed E-state index contributed by atoms with van der Waals surface area (Å²) < 4.78 is 0. The van der Waals surface area contributed by atoms with Crippen LogP contribution in [-0.2, 0) is 16.0 Å². The van der Waals surface area contributed by atoms with Crippen molar-refractivity contribution in [1.82, 2.24) is 5.32 Å². The number of amides is 1. The van der Waals surface area contributed by atoms with E-state index < -0.39 is 12.0 Å². The molecule has 1 amide bonds. The summed E-state index contributed by atoms with van der Waals surface area (Å²) in [5.41, 5.74) is 7.29. The van der Waals surface area contributed by atoms with Crippen LogP contribution in [0.25, 0.3) is 0 Å². The highest BCUT2D eigenvalue weighted by molar-refractivity contribution is 5.83. The summed E-state index contributed by atoms with van der Waals surface area (Å²) in [7, 11) is 0. The molecule has 110 valence electrons. The molecule has 20 heavy (non-hydrogen) atoms. The van der Waals surface area contributed by atoms with Gasteiger partial charge in [-0.2, -0.15) is 0 Å². The maximum Gasteiger partial charge on any atom is 0.326 e. The minimum Gasteiger partial charge on any atom is -0.480 e. The zero-order chi connectivity index (χ0) is 15.1. The Labute approximate surface area is 119 Å². The van der Waals surface area contributed by atoms with E-state index in [1.807, 2.05) is 32.0 Å². The number of carboxylic acids is 1. The van der Waals surface area contributed by atoms with Gasteiger partial charge in [-0.3, -0.25) is 4.79 Å². The molecule has 0 radical (unpaired) electrons. The van der Waals surface area contributed by atoms with E-state index in [9.17, 15) is 9.59 Å². The summed E-state index contributed by atoms with van der Waals surface area (Å²) in [4.78, 5) is 22.9. The molecule has 4 N–H and O–H groups in total. The van der Waals surface area contributed by atoms with Crippen LogP contribution >= 0.6 is 0 Å². The van der Waals surface area contributed by atoms with Gasteiger partial charge in [0.2, 0.25) is 5.91 Å². The Morgan fingerprint density at radius 1 is 1.35 bits per heavy atom. The van der Waals surface area contributed by atoms with Crippen molar-refractivity contribution in [3.05, 3.63) is 29.8 Å². The molecule has 1 unspecified atom stereocenters. The molecule has 1 atom stereocenters. The van der Waals surface area contributed by atoms with Crippen LogP contribution in [0.4, 0.5) is 5.69 Å². The maximum atomic E-state index is 11.8. The van der Waals surface area contributed by atoms with Gasteiger partial charge in [0.25, 0.3) is 0 Å². The predicted octanol–water partition coefficient (Wildman–Crippen LogP) is 1.82. The number of aryl methyl sites for hydroxylation is 1. The Morgan fingerprint density at radius 3 is 2.60 bits per heavy atom. The SMILES string of the molecule is CC(C)CC(NC(=O)CCc1cccc(N)c1)C(=O)O. The number of carbonyl (C=O) groups is 2. The topological polar surface area (TPSA) is 92.4 Å². The molecule has 5 heteroatoms. The minimum atomic E-state index is -0.990. The third-order valence-corrected chi connectivity index (χ3v) is 2.93. The first-order valence-corrected chi connectivity index (χ1v) is 6.75. The van der Waals surface area contributed by atoms with Gasteiger partial charge in [0, 0.05) is 12.1 Å². The van der Waals surface area contributed by atoms with E-state index in [1.165, 1.54) is 0 Å². The molecule has 0 bridgehead atoms. The summed E-state index contributed by atoms with van der Waals surface area (Å²) in [5, 5.41) is 11.6. The fraction of sp³-hybridized carbons (Fsp3) is 0.467. The van der Waals surface area contributed by atoms with Crippen LogP contribution < -0.4 is 11.1 Å².